The molecule has 0 spiro atoms. The molecule has 88 valence electrons. The summed E-state index contributed by atoms with van der Waals surface area (Å²) in [4.78, 5) is 11.3. The molecule has 3 nitrogen and oxygen atoms in total. The quantitative estimate of drug-likeness (QED) is 0.789. The predicted octanol–water partition coefficient (Wildman–Crippen LogP) is 2.53. The predicted molar refractivity (Wildman–Crippen MR) is 68.8 cm³/mol. The molecule has 0 bridgehead atoms. The Bertz CT molecular complexity index is 530. The summed E-state index contributed by atoms with van der Waals surface area (Å²) >= 11 is 0. The van der Waals surface area contributed by atoms with E-state index in [9.17, 15) is 0 Å². The maximum Gasteiger partial charge on any atom is 0.0914 e. The monoisotopic (exact) mass is 227 g/mol. The molecule has 1 saturated heterocycles. The van der Waals surface area contributed by atoms with Gasteiger partial charge in [0.2, 0.25) is 0 Å². The summed E-state index contributed by atoms with van der Waals surface area (Å²) in [6.07, 6.45) is 6.53. The van der Waals surface area contributed by atoms with Gasteiger partial charge in [-0.25, -0.2) is 0 Å². The largest absolute Gasteiger partial charge is 0.299 e. The van der Waals surface area contributed by atoms with Gasteiger partial charge in [-0.15, -0.1) is 0 Å². The van der Waals surface area contributed by atoms with Crippen molar-refractivity contribution in [3.63, 3.8) is 0 Å². The molecular weight excluding hydrogens is 210 g/mol. The first kappa shape index (κ1) is 10.7. The van der Waals surface area contributed by atoms with Gasteiger partial charge in [0.05, 0.1) is 11.2 Å². The number of rotatable bonds is 2. The van der Waals surface area contributed by atoms with Crippen LogP contribution in [0.25, 0.3) is 10.9 Å². The van der Waals surface area contributed by atoms with E-state index in [1.165, 1.54) is 36.9 Å². The molecule has 1 aliphatic rings. The summed E-state index contributed by atoms with van der Waals surface area (Å²) < 4.78 is 0. The summed E-state index contributed by atoms with van der Waals surface area (Å²) in [7, 11) is 0. The van der Waals surface area contributed by atoms with Crippen LogP contribution in [-0.4, -0.2) is 28.0 Å². The highest BCUT2D eigenvalue weighted by molar-refractivity contribution is 5.80. The van der Waals surface area contributed by atoms with E-state index in [-0.39, 0.29) is 0 Å². The number of fused-ring (bicyclic) bond motifs is 1. The molecular formula is C14H17N3. The Balaban J connectivity index is 1.90. The lowest BCUT2D eigenvalue weighted by Crippen LogP contribution is -2.18. The van der Waals surface area contributed by atoms with E-state index in [2.05, 4.69) is 20.9 Å². The first-order chi connectivity index (χ1) is 8.33. The molecule has 0 amide bonds. The number of hydrogen-bond donors (Lipinski definition) is 0. The second-order valence-electron chi connectivity index (χ2n) is 4.79. The lowest BCUT2D eigenvalue weighted by molar-refractivity contribution is 0.331. The minimum atomic E-state index is 1.01. The number of likely N-dealkylation sites (tertiary alicyclic amines) is 1. The van der Waals surface area contributed by atoms with Crippen molar-refractivity contribution in [2.75, 3.05) is 13.1 Å². The number of aryl methyl sites for hydroxylation is 1. The highest BCUT2D eigenvalue weighted by atomic mass is 15.1. The summed E-state index contributed by atoms with van der Waals surface area (Å²) in [5.74, 6) is 0. The van der Waals surface area contributed by atoms with Crippen molar-refractivity contribution in [1.29, 1.82) is 0 Å². The zero-order valence-electron chi connectivity index (χ0n) is 10.2. The van der Waals surface area contributed by atoms with Crippen LogP contribution in [0.5, 0.6) is 0 Å². The van der Waals surface area contributed by atoms with Gasteiger partial charge in [-0.1, -0.05) is 0 Å². The third-order valence-electron chi connectivity index (χ3n) is 3.44. The molecule has 3 heteroatoms. The smallest absolute Gasteiger partial charge is 0.0914 e. The third kappa shape index (κ3) is 2.15. The van der Waals surface area contributed by atoms with Crippen LogP contribution < -0.4 is 0 Å². The first-order valence-electron chi connectivity index (χ1n) is 6.25. The van der Waals surface area contributed by atoms with E-state index in [0.29, 0.717) is 0 Å². The second kappa shape index (κ2) is 4.41. The Morgan fingerprint density at radius 2 is 2.06 bits per heavy atom. The lowest BCUT2D eigenvalue weighted by atomic mass is 10.1. The highest BCUT2D eigenvalue weighted by Crippen LogP contribution is 2.17. The van der Waals surface area contributed by atoms with Crippen LogP contribution in [0.2, 0.25) is 0 Å². The van der Waals surface area contributed by atoms with Crippen LogP contribution >= 0.6 is 0 Å². The molecule has 2 aromatic rings. The zero-order chi connectivity index (χ0) is 11.7. The van der Waals surface area contributed by atoms with Gasteiger partial charge in [-0.05, 0) is 50.6 Å². The SMILES string of the molecule is Cc1nccc2cc(CN3CCCC3)cnc12. The van der Waals surface area contributed by atoms with Crippen molar-refractivity contribution >= 4 is 10.9 Å². The Morgan fingerprint density at radius 1 is 1.24 bits per heavy atom. The number of aromatic nitrogens is 2. The Morgan fingerprint density at radius 3 is 2.88 bits per heavy atom. The van der Waals surface area contributed by atoms with Crippen molar-refractivity contribution in [2.24, 2.45) is 0 Å². The average Bonchev–Trinajstić information content (AvgIpc) is 2.82. The van der Waals surface area contributed by atoms with Gasteiger partial charge in [0.1, 0.15) is 0 Å². The number of nitrogens with zero attached hydrogens (tertiary/aromatic N) is 3. The van der Waals surface area contributed by atoms with Crippen molar-refractivity contribution in [3.8, 4) is 0 Å². The molecule has 3 rings (SSSR count). The van der Waals surface area contributed by atoms with Gasteiger partial charge in [-0.3, -0.25) is 14.9 Å². The van der Waals surface area contributed by atoms with E-state index in [0.717, 1.165) is 17.8 Å². The topological polar surface area (TPSA) is 29.0 Å². The van der Waals surface area contributed by atoms with Gasteiger partial charge >= 0.3 is 0 Å². The van der Waals surface area contributed by atoms with Gasteiger partial charge in [0, 0.05) is 24.3 Å². The van der Waals surface area contributed by atoms with Crippen LogP contribution in [0.15, 0.2) is 24.5 Å². The van der Waals surface area contributed by atoms with Crippen LogP contribution in [0, 0.1) is 6.92 Å². The van der Waals surface area contributed by atoms with Crippen LogP contribution in [0.1, 0.15) is 24.1 Å². The zero-order valence-corrected chi connectivity index (χ0v) is 10.2. The van der Waals surface area contributed by atoms with Gasteiger partial charge in [-0.2, -0.15) is 0 Å². The van der Waals surface area contributed by atoms with E-state index in [1.54, 1.807) is 0 Å². The van der Waals surface area contributed by atoms with E-state index in [4.69, 9.17) is 0 Å². The fourth-order valence-electron chi connectivity index (χ4n) is 2.53. The molecule has 0 saturated carbocycles. The van der Waals surface area contributed by atoms with Crippen LogP contribution in [-0.2, 0) is 6.54 Å². The van der Waals surface area contributed by atoms with Crippen molar-refractivity contribution in [3.05, 3.63) is 35.8 Å². The van der Waals surface area contributed by atoms with E-state index in [1.807, 2.05) is 25.4 Å². The highest BCUT2D eigenvalue weighted by Gasteiger charge is 2.12. The molecule has 0 aliphatic carbocycles. The molecule has 1 fully saturated rings. The lowest BCUT2D eigenvalue weighted by Gasteiger charge is -2.14. The minimum absolute atomic E-state index is 1.01. The molecule has 0 unspecified atom stereocenters. The fourth-order valence-corrected chi connectivity index (χ4v) is 2.53. The number of hydrogen-bond acceptors (Lipinski definition) is 3. The minimum Gasteiger partial charge on any atom is -0.299 e. The van der Waals surface area contributed by atoms with Crippen molar-refractivity contribution in [1.82, 2.24) is 14.9 Å². The molecule has 1 aliphatic heterocycles. The van der Waals surface area contributed by atoms with E-state index >= 15 is 0 Å². The van der Waals surface area contributed by atoms with Crippen LogP contribution in [0.4, 0.5) is 0 Å². The molecule has 0 aromatic carbocycles. The Kier molecular flexibility index (Phi) is 2.77. The molecule has 17 heavy (non-hydrogen) atoms. The summed E-state index contributed by atoms with van der Waals surface area (Å²) in [6.45, 7) is 5.50. The standard InChI is InChI=1S/C14H17N3/c1-11-14-13(4-5-15-11)8-12(9-16-14)10-17-6-2-3-7-17/h4-5,8-9H,2-3,6-7,10H2,1H3. The van der Waals surface area contributed by atoms with Gasteiger partial charge in [0.15, 0.2) is 0 Å². The maximum absolute atomic E-state index is 4.53. The molecule has 0 atom stereocenters. The van der Waals surface area contributed by atoms with Crippen LogP contribution in [0.3, 0.4) is 0 Å². The fraction of sp³-hybridized carbons (Fsp3) is 0.429. The van der Waals surface area contributed by atoms with Gasteiger partial charge in [0.25, 0.3) is 0 Å². The second-order valence-corrected chi connectivity index (χ2v) is 4.79. The summed E-state index contributed by atoms with van der Waals surface area (Å²) in [5, 5.41) is 1.20. The summed E-state index contributed by atoms with van der Waals surface area (Å²) in [6, 6.07) is 4.29. The van der Waals surface area contributed by atoms with E-state index < -0.39 is 0 Å². The van der Waals surface area contributed by atoms with Crippen molar-refractivity contribution in [2.45, 2.75) is 26.3 Å². The molecule has 0 N–H and O–H groups in total. The Hall–Kier alpha value is -1.48. The number of pyridine rings is 2. The maximum atomic E-state index is 4.53. The van der Waals surface area contributed by atoms with Crippen molar-refractivity contribution < 1.29 is 0 Å². The molecule has 0 radical (unpaired) electrons. The average molecular weight is 227 g/mol. The molecule has 3 heterocycles. The normalized spacial score (nSPS) is 16.8. The summed E-state index contributed by atoms with van der Waals surface area (Å²) in [5.41, 5.74) is 3.35. The Labute approximate surface area is 101 Å². The molecule has 2 aromatic heterocycles. The first-order valence-corrected chi connectivity index (χ1v) is 6.25. The van der Waals surface area contributed by atoms with Gasteiger partial charge < -0.3 is 0 Å². The third-order valence-corrected chi connectivity index (χ3v) is 3.44.